The Morgan fingerprint density at radius 3 is 2.19 bits per heavy atom. The minimum atomic E-state index is -3.68. The fraction of sp³-hybridized carbons (Fsp3) is 0.571. The predicted molar refractivity (Wildman–Crippen MR) is 117 cm³/mol. The van der Waals surface area contributed by atoms with E-state index in [1.165, 1.54) is 40.4 Å². The highest BCUT2D eigenvalue weighted by molar-refractivity contribution is 7.89. The average Bonchev–Trinajstić information content (AvgIpc) is 2.77. The van der Waals surface area contributed by atoms with E-state index in [0.29, 0.717) is 17.9 Å². The number of hydrogen-bond acceptors (Lipinski definition) is 6. The summed E-state index contributed by atoms with van der Waals surface area (Å²) < 4.78 is 32.1. The smallest absolute Gasteiger partial charge is 0.332 e. The van der Waals surface area contributed by atoms with E-state index in [4.69, 9.17) is 16.3 Å². The van der Waals surface area contributed by atoms with Crippen LogP contribution in [0, 0.1) is 0 Å². The van der Waals surface area contributed by atoms with E-state index < -0.39 is 34.0 Å². The molecule has 32 heavy (non-hydrogen) atoms. The highest BCUT2D eigenvalue weighted by Gasteiger charge is 2.42. The molecule has 1 N–H and O–H groups in total. The number of rotatable bonds is 6. The molecule has 1 aliphatic carbocycles. The van der Waals surface area contributed by atoms with E-state index >= 15 is 0 Å². The number of nitrogens with zero attached hydrogens (tertiary/aromatic N) is 2. The molecule has 0 unspecified atom stereocenters. The van der Waals surface area contributed by atoms with Gasteiger partial charge in [-0.25, -0.2) is 13.2 Å². The van der Waals surface area contributed by atoms with E-state index in [1.807, 2.05) is 0 Å². The van der Waals surface area contributed by atoms with Crippen LogP contribution in [0.1, 0.15) is 39.0 Å². The highest BCUT2D eigenvalue weighted by Crippen LogP contribution is 2.29. The first-order valence-corrected chi connectivity index (χ1v) is 12.5. The molecule has 0 atom stereocenters. The van der Waals surface area contributed by atoms with Gasteiger partial charge >= 0.3 is 5.97 Å². The summed E-state index contributed by atoms with van der Waals surface area (Å²) >= 11 is 5.83. The molecule has 9 nitrogen and oxygen atoms in total. The number of amides is 2. The molecule has 0 aromatic heterocycles. The van der Waals surface area contributed by atoms with Gasteiger partial charge in [0.2, 0.25) is 15.9 Å². The van der Waals surface area contributed by atoms with Gasteiger partial charge in [-0.3, -0.25) is 9.59 Å². The summed E-state index contributed by atoms with van der Waals surface area (Å²) in [7, 11) is -3.68. The number of carbonyl (C=O) groups is 3. The number of hydrogen-bond donors (Lipinski definition) is 1. The third kappa shape index (κ3) is 5.60. The first-order valence-electron chi connectivity index (χ1n) is 10.6. The van der Waals surface area contributed by atoms with E-state index in [-0.39, 0.29) is 37.0 Å². The molecule has 176 valence electrons. The van der Waals surface area contributed by atoms with Crippen molar-refractivity contribution in [3.8, 4) is 0 Å². The third-order valence-corrected chi connectivity index (χ3v) is 8.05. The van der Waals surface area contributed by atoms with Gasteiger partial charge in [0.1, 0.15) is 5.54 Å². The zero-order valence-electron chi connectivity index (χ0n) is 18.0. The van der Waals surface area contributed by atoms with Gasteiger partial charge in [-0.15, -0.1) is 0 Å². The standard InChI is InChI=1S/C21H28ClN3O6S/c1-16(26)23-21(9-3-2-4-10-21)20(28)31-15-19(27)24-11-13-25(14-12-24)32(29,30)18-7-5-17(22)6-8-18/h5-8H,2-4,9-15H2,1H3,(H,23,26). The fourth-order valence-corrected chi connectivity index (χ4v) is 5.71. The Hall–Kier alpha value is -2.17. The number of ether oxygens (including phenoxy) is 1. The molecule has 11 heteroatoms. The lowest BCUT2D eigenvalue weighted by molar-refractivity contribution is -0.160. The quantitative estimate of drug-likeness (QED) is 0.612. The molecule has 0 bridgehead atoms. The van der Waals surface area contributed by atoms with Crippen LogP contribution < -0.4 is 5.32 Å². The summed E-state index contributed by atoms with van der Waals surface area (Å²) in [6.45, 7) is 1.58. The van der Waals surface area contributed by atoms with Gasteiger partial charge < -0.3 is 15.0 Å². The Morgan fingerprint density at radius 1 is 1.03 bits per heavy atom. The minimum Gasteiger partial charge on any atom is -0.454 e. The number of halogens is 1. The number of nitrogens with one attached hydrogen (secondary N) is 1. The molecule has 0 spiro atoms. The van der Waals surface area contributed by atoms with Gasteiger partial charge in [0, 0.05) is 38.1 Å². The van der Waals surface area contributed by atoms with E-state index in [9.17, 15) is 22.8 Å². The van der Waals surface area contributed by atoms with Gasteiger partial charge in [0.05, 0.1) is 4.90 Å². The van der Waals surface area contributed by atoms with Crippen molar-refractivity contribution in [2.24, 2.45) is 0 Å². The third-order valence-electron chi connectivity index (χ3n) is 5.88. The Kier molecular flexibility index (Phi) is 7.79. The first-order chi connectivity index (χ1) is 15.1. The van der Waals surface area contributed by atoms with Crippen molar-refractivity contribution in [1.29, 1.82) is 0 Å². The van der Waals surface area contributed by atoms with Crippen LogP contribution in [0.5, 0.6) is 0 Å². The number of esters is 1. The van der Waals surface area contributed by atoms with Gasteiger partial charge in [-0.2, -0.15) is 4.31 Å². The fourth-order valence-electron chi connectivity index (χ4n) is 4.16. The van der Waals surface area contributed by atoms with Crippen LogP contribution >= 0.6 is 11.6 Å². The largest absolute Gasteiger partial charge is 0.454 e. The molecule has 1 saturated carbocycles. The van der Waals surface area contributed by atoms with E-state index in [2.05, 4.69) is 5.32 Å². The second kappa shape index (κ2) is 10.2. The van der Waals surface area contributed by atoms with Crippen molar-refractivity contribution in [3.05, 3.63) is 29.3 Å². The molecular weight excluding hydrogens is 458 g/mol. The van der Waals surface area contributed by atoms with Gasteiger partial charge in [0.15, 0.2) is 6.61 Å². The monoisotopic (exact) mass is 485 g/mol. The molecule has 0 radical (unpaired) electrons. The normalized spacial score (nSPS) is 19.2. The molecule has 1 aromatic carbocycles. The summed E-state index contributed by atoms with van der Waals surface area (Å²) in [6, 6.07) is 5.93. The second-order valence-corrected chi connectivity index (χ2v) is 10.5. The Bertz CT molecular complexity index is 952. The molecule has 2 amide bonds. The second-order valence-electron chi connectivity index (χ2n) is 8.14. The van der Waals surface area contributed by atoms with Crippen LogP contribution in [-0.4, -0.2) is 73.7 Å². The van der Waals surface area contributed by atoms with Crippen molar-refractivity contribution in [3.63, 3.8) is 0 Å². The topological polar surface area (TPSA) is 113 Å². The maximum Gasteiger partial charge on any atom is 0.332 e. The summed E-state index contributed by atoms with van der Waals surface area (Å²) in [5, 5.41) is 3.17. The van der Waals surface area contributed by atoms with Crippen LogP contribution in [-0.2, 0) is 29.1 Å². The van der Waals surface area contributed by atoms with Crippen LogP contribution in [0.3, 0.4) is 0 Å². The van der Waals surface area contributed by atoms with E-state index in [1.54, 1.807) is 0 Å². The molecule has 1 saturated heterocycles. The lowest BCUT2D eigenvalue weighted by Gasteiger charge is -2.36. The summed E-state index contributed by atoms with van der Waals surface area (Å²) in [5.74, 6) is -1.30. The van der Waals surface area contributed by atoms with Gasteiger partial charge in [-0.1, -0.05) is 30.9 Å². The summed E-state index contributed by atoms with van der Waals surface area (Å²) in [5.41, 5.74) is -1.07. The summed E-state index contributed by atoms with van der Waals surface area (Å²) in [4.78, 5) is 38.5. The van der Waals surface area contributed by atoms with Crippen molar-refractivity contribution in [2.75, 3.05) is 32.8 Å². The zero-order valence-corrected chi connectivity index (χ0v) is 19.6. The number of piperazine rings is 1. The van der Waals surface area contributed by atoms with Crippen LogP contribution in [0.4, 0.5) is 0 Å². The van der Waals surface area contributed by atoms with Crippen molar-refractivity contribution in [1.82, 2.24) is 14.5 Å². The maximum absolute atomic E-state index is 12.8. The Balaban J connectivity index is 1.53. The van der Waals surface area contributed by atoms with E-state index in [0.717, 1.165) is 19.3 Å². The summed E-state index contributed by atoms with van der Waals surface area (Å²) in [6.07, 6.45) is 3.55. The molecular formula is C21H28ClN3O6S. The zero-order chi connectivity index (χ0) is 23.4. The molecule has 2 aliphatic rings. The lowest BCUT2D eigenvalue weighted by Crippen LogP contribution is -2.56. The SMILES string of the molecule is CC(=O)NC1(C(=O)OCC(=O)N2CCN(S(=O)(=O)c3ccc(Cl)cc3)CC2)CCCCC1. The molecule has 1 heterocycles. The van der Waals surface area contributed by atoms with Crippen LogP contribution in [0.15, 0.2) is 29.2 Å². The lowest BCUT2D eigenvalue weighted by atomic mass is 9.81. The molecule has 2 fully saturated rings. The highest BCUT2D eigenvalue weighted by atomic mass is 35.5. The molecule has 1 aromatic rings. The van der Waals surface area contributed by atoms with Crippen molar-refractivity contribution in [2.45, 2.75) is 49.5 Å². The van der Waals surface area contributed by atoms with Crippen LogP contribution in [0.2, 0.25) is 5.02 Å². The maximum atomic E-state index is 12.8. The average molecular weight is 486 g/mol. The number of carbonyl (C=O) groups excluding carboxylic acids is 3. The van der Waals surface area contributed by atoms with Crippen molar-refractivity contribution < 1.29 is 27.5 Å². The predicted octanol–water partition coefficient (Wildman–Crippen LogP) is 1.56. The van der Waals surface area contributed by atoms with Crippen LogP contribution in [0.25, 0.3) is 0 Å². The number of benzene rings is 1. The molecule has 3 rings (SSSR count). The minimum absolute atomic E-state index is 0.139. The first kappa shape index (κ1) is 24.5. The van der Waals surface area contributed by atoms with Gasteiger partial charge in [0.25, 0.3) is 5.91 Å². The Labute approximate surface area is 193 Å². The van der Waals surface area contributed by atoms with Gasteiger partial charge in [-0.05, 0) is 37.1 Å². The number of sulfonamides is 1. The molecule has 1 aliphatic heterocycles. The Morgan fingerprint density at radius 2 is 1.62 bits per heavy atom. The van der Waals surface area contributed by atoms with Crippen molar-refractivity contribution >= 4 is 39.4 Å².